The highest BCUT2D eigenvalue weighted by molar-refractivity contribution is 5.97. The van der Waals surface area contributed by atoms with E-state index < -0.39 is 0 Å². The quantitative estimate of drug-likeness (QED) is 0.552. The number of Topliss-reactive ketones (excluding diaryl/α,β-unsaturated/α-hetero) is 1. The molecule has 1 saturated carbocycles. The van der Waals surface area contributed by atoms with E-state index in [4.69, 9.17) is 0 Å². The first kappa shape index (κ1) is 21.8. The molecule has 172 valence electrons. The average Bonchev–Trinajstić information content (AvgIpc) is 2.81. The maximum Gasteiger partial charge on any atom is 0.263 e. The number of nitrogens with one attached hydrogen (secondary N) is 1. The summed E-state index contributed by atoms with van der Waals surface area (Å²) >= 11 is 0. The fourth-order valence-corrected chi connectivity index (χ4v) is 4.77. The van der Waals surface area contributed by atoms with Gasteiger partial charge in [-0.1, -0.05) is 6.07 Å². The fourth-order valence-electron chi connectivity index (χ4n) is 4.77. The molecule has 1 N–H and O–H groups in total. The number of halogens is 1. The van der Waals surface area contributed by atoms with E-state index in [9.17, 15) is 14.0 Å². The number of fused-ring (bicyclic) bond motifs is 1. The summed E-state index contributed by atoms with van der Waals surface area (Å²) in [5, 5.41) is 4.17. The maximum atomic E-state index is 13.2. The van der Waals surface area contributed by atoms with Gasteiger partial charge in [0.1, 0.15) is 5.82 Å². The second-order valence-corrected chi connectivity index (χ2v) is 9.20. The number of hydrogen-bond acceptors (Lipinski definition) is 5. The van der Waals surface area contributed by atoms with Gasteiger partial charge in [0.2, 0.25) is 0 Å². The van der Waals surface area contributed by atoms with E-state index in [1.165, 1.54) is 18.6 Å². The third kappa shape index (κ3) is 4.69. The van der Waals surface area contributed by atoms with Gasteiger partial charge in [0, 0.05) is 36.3 Å². The summed E-state index contributed by atoms with van der Waals surface area (Å²) in [5.74, 6) is -0.265. The highest BCUT2D eigenvalue weighted by Crippen LogP contribution is 2.26. The van der Waals surface area contributed by atoms with Crippen LogP contribution in [0.3, 0.4) is 0 Å². The van der Waals surface area contributed by atoms with Crippen LogP contribution in [-0.2, 0) is 6.54 Å². The van der Waals surface area contributed by atoms with Crippen molar-refractivity contribution in [3.05, 3.63) is 70.5 Å². The van der Waals surface area contributed by atoms with Crippen LogP contribution in [0, 0.1) is 11.7 Å². The van der Waals surface area contributed by atoms with Gasteiger partial charge in [-0.05, 0) is 81.6 Å². The minimum absolute atomic E-state index is 0.0104. The Hall–Kier alpha value is -3.06. The van der Waals surface area contributed by atoms with E-state index in [0.29, 0.717) is 23.5 Å². The number of aromatic nitrogens is 2. The third-order valence-corrected chi connectivity index (χ3v) is 7.06. The molecular formula is C26H29FN4O2. The first-order valence-electron chi connectivity index (χ1n) is 11.9. The van der Waals surface area contributed by atoms with E-state index >= 15 is 0 Å². The summed E-state index contributed by atoms with van der Waals surface area (Å²) in [6.45, 7) is 2.92. The molecule has 1 aliphatic carbocycles. The van der Waals surface area contributed by atoms with Gasteiger partial charge in [0.25, 0.3) is 5.56 Å². The molecule has 2 aromatic carbocycles. The second-order valence-electron chi connectivity index (χ2n) is 9.20. The summed E-state index contributed by atoms with van der Waals surface area (Å²) in [7, 11) is 0. The Morgan fingerprint density at radius 3 is 2.48 bits per heavy atom. The molecule has 2 heterocycles. The van der Waals surface area contributed by atoms with Gasteiger partial charge in [0.05, 0.1) is 17.2 Å². The Morgan fingerprint density at radius 1 is 1.03 bits per heavy atom. The number of ketones is 1. The lowest BCUT2D eigenvalue weighted by Crippen LogP contribution is -2.39. The molecule has 0 unspecified atom stereocenters. The Kier molecular flexibility index (Phi) is 6.22. The number of nitrogens with zero attached hydrogens (tertiary/aromatic N) is 3. The van der Waals surface area contributed by atoms with Crippen LogP contribution in [0.15, 0.2) is 53.6 Å². The largest absolute Gasteiger partial charge is 0.382 e. The van der Waals surface area contributed by atoms with Crippen molar-refractivity contribution >= 4 is 22.4 Å². The van der Waals surface area contributed by atoms with Crippen LogP contribution in [0.2, 0.25) is 0 Å². The second kappa shape index (κ2) is 9.43. The molecule has 2 aliphatic rings. The maximum absolute atomic E-state index is 13.2. The Balaban J connectivity index is 1.21. The van der Waals surface area contributed by atoms with Gasteiger partial charge in [0.15, 0.2) is 5.78 Å². The fraction of sp³-hybridized carbons (Fsp3) is 0.423. The van der Waals surface area contributed by atoms with Crippen molar-refractivity contribution in [2.75, 3.05) is 25.0 Å². The normalized spacial score (nSPS) is 17.7. The highest BCUT2D eigenvalue weighted by Gasteiger charge is 2.26. The third-order valence-electron chi connectivity index (χ3n) is 7.06. The molecule has 2 fully saturated rings. The molecule has 6 nitrogen and oxygen atoms in total. The van der Waals surface area contributed by atoms with Crippen LogP contribution < -0.4 is 10.9 Å². The molecule has 0 amide bonds. The molecule has 5 rings (SSSR count). The minimum Gasteiger partial charge on any atom is -0.382 e. The van der Waals surface area contributed by atoms with Crippen LogP contribution in [0.4, 0.5) is 10.1 Å². The zero-order valence-electron chi connectivity index (χ0n) is 18.7. The van der Waals surface area contributed by atoms with Gasteiger partial charge in [-0.15, -0.1) is 0 Å². The van der Waals surface area contributed by atoms with Crippen molar-refractivity contribution in [2.24, 2.45) is 5.92 Å². The van der Waals surface area contributed by atoms with Gasteiger partial charge in [-0.3, -0.25) is 14.2 Å². The van der Waals surface area contributed by atoms with E-state index in [2.05, 4.69) is 15.2 Å². The molecule has 1 aliphatic heterocycles. The predicted octanol–water partition coefficient (Wildman–Crippen LogP) is 4.09. The summed E-state index contributed by atoms with van der Waals surface area (Å²) in [6, 6.07) is 12.1. The van der Waals surface area contributed by atoms with Crippen molar-refractivity contribution in [1.29, 1.82) is 0 Å². The van der Waals surface area contributed by atoms with Gasteiger partial charge in [-0.2, -0.15) is 0 Å². The minimum atomic E-state index is -0.328. The average molecular weight is 449 g/mol. The number of rotatable bonds is 7. The first-order chi connectivity index (χ1) is 16.1. The number of carbonyl (C=O) groups excluding carboxylic acids is 1. The predicted molar refractivity (Wildman–Crippen MR) is 127 cm³/mol. The number of carbonyl (C=O) groups is 1. The van der Waals surface area contributed by atoms with Crippen molar-refractivity contribution < 1.29 is 9.18 Å². The SMILES string of the molecule is O=C(c1ccc(F)cc1)C1CCN(CCn2cnc3cccc(NC4CCC4)c3c2=O)CC1. The van der Waals surface area contributed by atoms with E-state index in [1.54, 1.807) is 23.0 Å². The van der Waals surface area contributed by atoms with Crippen LogP contribution >= 0.6 is 0 Å². The Morgan fingerprint density at radius 2 is 1.79 bits per heavy atom. The topological polar surface area (TPSA) is 67.2 Å². The summed E-state index contributed by atoms with van der Waals surface area (Å²) in [6.07, 6.45) is 6.71. The highest BCUT2D eigenvalue weighted by atomic mass is 19.1. The lowest BCUT2D eigenvalue weighted by atomic mass is 9.89. The molecule has 0 spiro atoms. The molecule has 0 bridgehead atoms. The Labute approximate surface area is 192 Å². The standard InChI is InChI=1S/C26H29FN4O2/c27-20-9-7-18(8-10-20)25(32)19-11-13-30(14-12-19)15-16-31-17-28-22-5-2-6-23(24(22)26(31)33)29-21-3-1-4-21/h2,5-10,17,19,21,29H,1,3-4,11-16H2. The lowest BCUT2D eigenvalue weighted by Gasteiger charge is -2.31. The van der Waals surface area contributed by atoms with Crippen molar-refractivity contribution in [3.8, 4) is 0 Å². The number of hydrogen-bond donors (Lipinski definition) is 1. The molecule has 0 radical (unpaired) electrons. The molecule has 7 heteroatoms. The molecule has 1 saturated heterocycles. The number of likely N-dealkylation sites (tertiary alicyclic amines) is 1. The molecule has 0 atom stereocenters. The Bertz CT molecular complexity index is 1200. The lowest BCUT2D eigenvalue weighted by molar-refractivity contribution is 0.0837. The number of piperidine rings is 1. The van der Waals surface area contributed by atoms with E-state index in [1.807, 2.05) is 18.2 Å². The number of benzene rings is 2. The molecule has 1 aromatic heterocycles. The van der Waals surface area contributed by atoms with Crippen LogP contribution in [0.25, 0.3) is 10.9 Å². The summed E-state index contributed by atoms with van der Waals surface area (Å²) in [5.41, 5.74) is 2.17. The number of anilines is 1. The van der Waals surface area contributed by atoms with Crippen LogP contribution in [0.1, 0.15) is 42.5 Å². The van der Waals surface area contributed by atoms with Gasteiger partial charge in [-0.25, -0.2) is 9.37 Å². The first-order valence-corrected chi connectivity index (χ1v) is 11.9. The van der Waals surface area contributed by atoms with E-state index in [0.717, 1.165) is 56.5 Å². The van der Waals surface area contributed by atoms with Gasteiger partial charge < -0.3 is 10.2 Å². The smallest absolute Gasteiger partial charge is 0.263 e. The van der Waals surface area contributed by atoms with Gasteiger partial charge >= 0.3 is 0 Å². The summed E-state index contributed by atoms with van der Waals surface area (Å²) < 4.78 is 14.8. The molecule has 3 aromatic rings. The zero-order chi connectivity index (χ0) is 22.8. The van der Waals surface area contributed by atoms with Crippen LogP contribution in [0.5, 0.6) is 0 Å². The molecular weight excluding hydrogens is 419 g/mol. The summed E-state index contributed by atoms with van der Waals surface area (Å²) in [4.78, 5) is 32.7. The van der Waals surface area contributed by atoms with Crippen molar-refractivity contribution in [1.82, 2.24) is 14.5 Å². The monoisotopic (exact) mass is 448 g/mol. The van der Waals surface area contributed by atoms with Crippen molar-refractivity contribution in [2.45, 2.75) is 44.7 Å². The van der Waals surface area contributed by atoms with E-state index in [-0.39, 0.29) is 23.1 Å². The van der Waals surface area contributed by atoms with Crippen LogP contribution in [-0.4, -0.2) is 45.9 Å². The zero-order valence-corrected chi connectivity index (χ0v) is 18.7. The van der Waals surface area contributed by atoms with Crippen molar-refractivity contribution in [3.63, 3.8) is 0 Å². The molecule has 33 heavy (non-hydrogen) atoms.